The third-order valence-electron chi connectivity index (χ3n) is 8.15. The Hall–Kier alpha value is -5.93. The van der Waals surface area contributed by atoms with Crippen LogP contribution in [0.4, 0.5) is 0 Å². The fourth-order valence-corrected chi connectivity index (χ4v) is 6.03. The van der Waals surface area contributed by atoms with Gasteiger partial charge in [-0.1, -0.05) is 97.1 Å². The van der Waals surface area contributed by atoms with E-state index < -0.39 is 0 Å². The maximum absolute atomic E-state index is 4.95. The lowest BCUT2D eigenvalue weighted by Crippen LogP contribution is -1.94. The van der Waals surface area contributed by atoms with Crippen LogP contribution in [-0.2, 0) is 0 Å². The van der Waals surface area contributed by atoms with Gasteiger partial charge in [0.1, 0.15) is 0 Å². The van der Waals surface area contributed by atoms with Crippen LogP contribution in [0.2, 0.25) is 0 Å². The molecule has 3 nitrogen and oxygen atoms in total. The summed E-state index contributed by atoms with van der Waals surface area (Å²) < 4.78 is 0. The average molecular weight is 562 g/mol. The molecule has 0 aliphatic carbocycles. The van der Waals surface area contributed by atoms with E-state index in [2.05, 4.69) is 125 Å². The molecule has 0 aliphatic heterocycles. The Kier molecular flexibility index (Phi) is 6.47. The fraction of sp³-hybridized carbons (Fsp3) is 0. The van der Waals surface area contributed by atoms with Gasteiger partial charge in [0, 0.05) is 12.4 Å². The van der Waals surface area contributed by atoms with Gasteiger partial charge in [-0.3, -0.25) is 9.97 Å². The predicted molar refractivity (Wildman–Crippen MR) is 182 cm³/mol. The third kappa shape index (κ3) is 4.81. The standard InChI is InChI=1S/C41H27N3/c1-2-16-34-32(11-1)25-37(36-18-4-3-17-35(34)36)31-15-10-13-29(24-31)28-12-9-14-30(23-28)33-26-40(38-19-5-7-21-42-38)44-41(27-33)39-20-6-8-22-43-39/h1-27H. The van der Waals surface area contributed by atoms with Crippen molar-refractivity contribution >= 4 is 21.5 Å². The van der Waals surface area contributed by atoms with Gasteiger partial charge in [-0.05, 0) is 110 Å². The molecule has 5 aromatic carbocycles. The van der Waals surface area contributed by atoms with E-state index in [0.717, 1.165) is 39.5 Å². The van der Waals surface area contributed by atoms with E-state index in [0.29, 0.717) is 0 Å². The predicted octanol–water partition coefficient (Wildman–Crippen LogP) is 10.5. The summed E-state index contributed by atoms with van der Waals surface area (Å²) >= 11 is 0. The molecule has 0 bridgehead atoms. The molecule has 0 unspecified atom stereocenters. The van der Waals surface area contributed by atoms with Crippen molar-refractivity contribution in [3.8, 4) is 56.2 Å². The average Bonchev–Trinajstić information content (AvgIpc) is 3.12. The first kappa shape index (κ1) is 25.8. The van der Waals surface area contributed by atoms with Gasteiger partial charge in [-0.15, -0.1) is 0 Å². The summed E-state index contributed by atoms with van der Waals surface area (Å²) in [5.41, 5.74) is 10.3. The van der Waals surface area contributed by atoms with Crippen LogP contribution in [0.25, 0.3) is 77.7 Å². The van der Waals surface area contributed by atoms with Crippen LogP contribution in [0, 0.1) is 0 Å². The number of hydrogen-bond acceptors (Lipinski definition) is 3. The van der Waals surface area contributed by atoms with E-state index >= 15 is 0 Å². The van der Waals surface area contributed by atoms with Gasteiger partial charge >= 0.3 is 0 Å². The Morgan fingerprint density at radius 3 is 1.48 bits per heavy atom. The highest BCUT2D eigenvalue weighted by molar-refractivity contribution is 6.13. The number of benzene rings is 5. The van der Waals surface area contributed by atoms with Gasteiger partial charge in [-0.25, -0.2) is 4.98 Å². The number of pyridine rings is 3. The summed E-state index contributed by atoms with van der Waals surface area (Å²) in [5, 5.41) is 5.07. The van der Waals surface area contributed by atoms with Gasteiger partial charge in [-0.2, -0.15) is 0 Å². The van der Waals surface area contributed by atoms with Crippen LogP contribution in [0.3, 0.4) is 0 Å². The molecule has 206 valence electrons. The Morgan fingerprint density at radius 1 is 0.318 bits per heavy atom. The van der Waals surface area contributed by atoms with Crippen molar-refractivity contribution in [3.63, 3.8) is 0 Å². The first-order chi connectivity index (χ1) is 21.8. The lowest BCUT2D eigenvalue weighted by atomic mass is 9.91. The lowest BCUT2D eigenvalue weighted by molar-refractivity contribution is 1.22. The number of aromatic nitrogens is 3. The second-order valence-corrected chi connectivity index (χ2v) is 10.9. The zero-order valence-electron chi connectivity index (χ0n) is 23.9. The van der Waals surface area contributed by atoms with Crippen molar-refractivity contribution in [2.24, 2.45) is 0 Å². The number of nitrogens with zero attached hydrogens (tertiary/aromatic N) is 3. The summed E-state index contributed by atoms with van der Waals surface area (Å²) in [7, 11) is 0. The fourth-order valence-electron chi connectivity index (χ4n) is 6.03. The monoisotopic (exact) mass is 561 g/mol. The molecule has 0 aliphatic rings. The summed E-state index contributed by atoms with van der Waals surface area (Å²) in [5.74, 6) is 0. The van der Waals surface area contributed by atoms with Crippen LogP contribution in [0.5, 0.6) is 0 Å². The first-order valence-corrected chi connectivity index (χ1v) is 14.8. The molecule has 0 amide bonds. The highest BCUT2D eigenvalue weighted by Crippen LogP contribution is 2.37. The molecule has 0 saturated heterocycles. The number of rotatable bonds is 5. The van der Waals surface area contributed by atoms with Crippen LogP contribution in [-0.4, -0.2) is 15.0 Å². The molecular weight excluding hydrogens is 534 g/mol. The minimum absolute atomic E-state index is 0.819. The molecular formula is C41H27N3. The summed E-state index contributed by atoms with van der Waals surface area (Å²) in [6, 6.07) is 53.3. The molecule has 0 atom stereocenters. The minimum Gasteiger partial charge on any atom is -0.255 e. The number of hydrogen-bond donors (Lipinski definition) is 0. The van der Waals surface area contributed by atoms with E-state index in [4.69, 9.17) is 4.98 Å². The summed E-state index contributed by atoms with van der Waals surface area (Å²) in [6.45, 7) is 0. The van der Waals surface area contributed by atoms with E-state index in [1.165, 1.54) is 38.2 Å². The largest absolute Gasteiger partial charge is 0.255 e. The summed E-state index contributed by atoms with van der Waals surface area (Å²) in [4.78, 5) is 14.1. The molecule has 0 N–H and O–H groups in total. The van der Waals surface area contributed by atoms with E-state index in [1.54, 1.807) is 12.4 Å². The highest BCUT2D eigenvalue weighted by Gasteiger charge is 2.13. The molecule has 8 aromatic rings. The van der Waals surface area contributed by atoms with Crippen molar-refractivity contribution in [1.29, 1.82) is 0 Å². The smallest absolute Gasteiger partial charge is 0.0900 e. The SMILES string of the molecule is c1ccc(-c2cc(-c3cccc(-c4cccc(-c5cc6ccccc6c6ccccc56)c4)c3)cc(-c3ccccn3)n2)nc1. The van der Waals surface area contributed by atoms with Crippen molar-refractivity contribution < 1.29 is 0 Å². The van der Waals surface area contributed by atoms with E-state index in [-0.39, 0.29) is 0 Å². The quantitative estimate of drug-likeness (QED) is 0.196. The van der Waals surface area contributed by atoms with E-state index in [9.17, 15) is 0 Å². The Labute approximate surface area is 256 Å². The maximum atomic E-state index is 4.95. The van der Waals surface area contributed by atoms with Gasteiger partial charge < -0.3 is 0 Å². The van der Waals surface area contributed by atoms with Gasteiger partial charge in [0.25, 0.3) is 0 Å². The van der Waals surface area contributed by atoms with Gasteiger partial charge in [0.15, 0.2) is 0 Å². The first-order valence-electron chi connectivity index (χ1n) is 14.8. The molecule has 3 heterocycles. The molecule has 0 spiro atoms. The zero-order chi connectivity index (χ0) is 29.3. The second kappa shape index (κ2) is 11.0. The molecule has 0 radical (unpaired) electrons. The van der Waals surface area contributed by atoms with Crippen LogP contribution in [0.1, 0.15) is 0 Å². The minimum atomic E-state index is 0.819. The van der Waals surface area contributed by atoms with Crippen molar-refractivity contribution in [3.05, 3.63) is 164 Å². The molecule has 44 heavy (non-hydrogen) atoms. The third-order valence-corrected chi connectivity index (χ3v) is 8.15. The van der Waals surface area contributed by atoms with Gasteiger partial charge in [0.05, 0.1) is 22.8 Å². The van der Waals surface area contributed by atoms with Gasteiger partial charge in [0.2, 0.25) is 0 Å². The van der Waals surface area contributed by atoms with Crippen molar-refractivity contribution in [1.82, 2.24) is 15.0 Å². The Morgan fingerprint density at radius 2 is 0.841 bits per heavy atom. The Balaban J connectivity index is 1.24. The van der Waals surface area contributed by atoms with Crippen molar-refractivity contribution in [2.75, 3.05) is 0 Å². The normalized spacial score (nSPS) is 11.2. The summed E-state index contributed by atoms with van der Waals surface area (Å²) in [6.07, 6.45) is 3.60. The van der Waals surface area contributed by atoms with Crippen LogP contribution < -0.4 is 0 Å². The molecule has 0 fully saturated rings. The maximum Gasteiger partial charge on any atom is 0.0900 e. The van der Waals surface area contributed by atoms with E-state index in [1.807, 2.05) is 36.4 Å². The molecule has 3 heteroatoms. The number of fused-ring (bicyclic) bond motifs is 3. The van der Waals surface area contributed by atoms with Crippen molar-refractivity contribution in [2.45, 2.75) is 0 Å². The topological polar surface area (TPSA) is 38.7 Å². The lowest BCUT2D eigenvalue weighted by Gasteiger charge is -2.13. The molecule has 8 rings (SSSR count). The molecule has 3 aromatic heterocycles. The molecule has 0 saturated carbocycles. The van der Waals surface area contributed by atoms with Crippen LogP contribution in [0.15, 0.2) is 164 Å². The van der Waals surface area contributed by atoms with Crippen LogP contribution >= 0.6 is 0 Å². The second-order valence-electron chi connectivity index (χ2n) is 10.9. The highest BCUT2D eigenvalue weighted by atomic mass is 14.8. The zero-order valence-corrected chi connectivity index (χ0v) is 23.9. The Bertz CT molecular complexity index is 2220.